The second kappa shape index (κ2) is 4.13. The van der Waals surface area contributed by atoms with Crippen molar-refractivity contribution in [1.82, 2.24) is 0 Å². The molecule has 1 rings (SSSR count). The van der Waals surface area contributed by atoms with E-state index >= 15 is 0 Å². The normalized spacial score (nSPS) is 30.6. The van der Waals surface area contributed by atoms with Crippen LogP contribution in [0.1, 0.15) is 52.9 Å². The second-order valence-electron chi connectivity index (χ2n) is 5.41. The molecule has 1 nitrogen and oxygen atoms in total. The molecule has 74 valence electrons. The molecule has 0 radical (unpaired) electrons. The zero-order valence-corrected chi connectivity index (χ0v) is 9.14. The van der Waals surface area contributed by atoms with Crippen LogP contribution in [-0.2, 0) is 0 Å². The third kappa shape index (κ3) is 3.03. The van der Waals surface area contributed by atoms with Crippen LogP contribution in [-0.4, -0.2) is 0 Å². The van der Waals surface area contributed by atoms with Crippen LogP contribution in [0.3, 0.4) is 0 Å². The van der Waals surface area contributed by atoms with E-state index in [2.05, 4.69) is 26.8 Å². The van der Waals surface area contributed by atoms with Crippen LogP contribution in [0.15, 0.2) is 0 Å². The maximum Gasteiger partial charge on any atom is 0.0655 e. The van der Waals surface area contributed by atoms with E-state index in [1.54, 1.807) is 0 Å². The molecule has 1 fully saturated rings. The van der Waals surface area contributed by atoms with Gasteiger partial charge in [-0.25, -0.2) is 0 Å². The largest absolute Gasteiger partial charge is 0.198 e. The van der Waals surface area contributed by atoms with E-state index in [-0.39, 0.29) is 0 Å². The van der Waals surface area contributed by atoms with Crippen molar-refractivity contribution in [2.45, 2.75) is 52.9 Å². The van der Waals surface area contributed by atoms with Gasteiger partial charge >= 0.3 is 0 Å². The molecule has 1 aliphatic carbocycles. The highest BCUT2D eigenvalue weighted by Crippen LogP contribution is 2.38. The quantitative estimate of drug-likeness (QED) is 0.519. The first-order valence-corrected chi connectivity index (χ1v) is 5.43. The maximum absolute atomic E-state index is 8.95. The molecule has 0 N–H and O–H groups in total. The molecule has 0 amide bonds. The Labute approximate surface area is 82.1 Å². The van der Waals surface area contributed by atoms with E-state index in [4.69, 9.17) is 5.26 Å². The Morgan fingerprint density at radius 2 is 1.77 bits per heavy atom. The van der Waals surface area contributed by atoms with Gasteiger partial charge in [0.05, 0.1) is 6.07 Å². The zero-order chi connectivity index (χ0) is 9.90. The predicted octanol–water partition coefficient (Wildman–Crippen LogP) is 3.75. The average molecular weight is 179 g/mol. The van der Waals surface area contributed by atoms with Gasteiger partial charge in [0.2, 0.25) is 0 Å². The van der Waals surface area contributed by atoms with Crippen LogP contribution >= 0.6 is 0 Å². The summed E-state index contributed by atoms with van der Waals surface area (Å²) in [6.07, 6.45) is 6.15. The van der Waals surface area contributed by atoms with Gasteiger partial charge in [0.1, 0.15) is 0 Å². The molecule has 0 aromatic rings. The Morgan fingerprint density at radius 1 is 1.15 bits per heavy atom. The molecule has 0 spiro atoms. The number of hydrogen-bond acceptors (Lipinski definition) is 1. The van der Waals surface area contributed by atoms with Crippen molar-refractivity contribution in [3.05, 3.63) is 0 Å². The van der Waals surface area contributed by atoms with Crippen molar-refractivity contribution in [3.63, 3.8) is 0 Å². The number of nitrogens with zero attached hydrogens (tertiary/aromatic N) is 1. The molecule has 0 aliphatic heterocycles. The fourth-order valence-corrected chi connectivity index (χ4v) is 2.26. The van der Waals surface area contributed by atoms with E-state index in [9.17, 15) is 0 Å². The number of nitriles is 1. The van der Waals surface area contributed by atoms with Crippen molar-refractivity contribution >= 4 is 0 Å². The summed E-state index contributed by atoms with van der Waals surface area (Å²) in [5.74, 6) is 1.08. The highest BCUT2D eigenvalue weighted by molar-refractivity contribution is 4.89. The van der Waals surface area contributed by atoms with Crippen LogP contribution in [0.2, 0.25) is 0 Å². The summed E-state index contributed by atoms with van der Waals surface area (Å²) in [4.78, 5) is 0. The summed E-state index contributed by atoms with van der Waals surface area (Å²) in [6.45, 7) is 6.91. The Kier molecular flexibility index (Phi) is 3.36. The summed E-state index contributed by atoms with van der Waals surface area (Å²) in [7, 11) is 0. The Balaban J connectivity index is 2.60. The molecule has 2 unspecified atom stereocenters. The second-order valence-corrected chi connectivity index (χ2v) is 5.41. The monoisotopic (exact) mass is 179 g/mol. The van der Waals surface area contributed by atoms with E-state index in [0.717, 1.165) is 18.8 Å². The highest BCUT2D eigenvalue weighted by Gasteiger charge is 2.28. The maximum atomic E-state index is 8.95. The van der Waals surface area contributed by atoms with Crippen molar-refractivity contribution in [3.8, 4) is 6.07 Å². The standard InChI is InChI=1S/C12H21N/c1-12(2,3)11-7-5-4-6-10(8-11)9-13/h10-11H,4-8H2,1-3H3. The first-order chi connectivity index (χ1) is 6.04. The SMILES string of the molecule is CC(C)(C)C1CCCCC(C#N)C1. The smallest absolute Gasteiger partial charge is 0.0655 e. The fourth-order valence-electron chi connectivity index (χ4n) is 2.26. The van der Waals surface area contributed by atoms with Gasteiger partial charge in [0.15, 0.2) is 0 Å². The molecule has 0 bridgehead atoms. The molecule has 0 aromatic carbocycles. The summed E-state index contributed by atoms with van der Waals surface area (Å²) >= 11 is 0. The van der Waals surface area contributed by atoms with Gasteiger partial charge in [-0.3, -0.25) is 0 Å². The lowest BCUT2D eigenvalue weighted by Crippen LogP contribution is -2.21. The zero-order valence-electron chi connectivity index (χ0n) is 9.14. The van der Waals surface area contributed by atoms with Gasteiger partial charge in [-0.15, -0.1) is 0 Å². The molecule has 0 aromatic heterocycles. The molecule has 0 heterocycles. The first-order valence-electron chi connectivity index (χ1n) is 5.43. The average Bonchev–Trinajstić information content (AvgIpc) is 2.27. The minimum atomic E-state index is 0.326. The van der Waals surface area contributed by atoms with Gasteiger partial charge in [0.25, 0.3) is 0 Å². The van der Waals surface area contributed by atoms with Gasteiger partial charge in [0, 0.05) is 5.92 Å². The van der Waals surface area contributed by atoms with E-state index in [1.165, 1.54) is 19.3 Å². The van der Waals surface area contributed by atoms with Crippen LogP contribution in [0.25, 0.3) is 0 Å². The minimum absolute atomic E-state index is 0.326. The van der Waals surface area contributed by atoms with Gasteiger partial charge < -0.3 is 0 Å². The molecule has 1 heteroatoms. The van der Waals surface area contributed by atoms with E-state index in [1.807, 2.05) is 0 Å². The lowest BCUT2D eigenvalue weighted by atomic mass is 9.75. The lowest BCUT2D eigenvalue weighted by molar-refractivity contribution is 0.204. The molecular weight excluding hydrogens is 158 g/mol. The van der Waals surface area contributed by atoms with Crippen LogP contribution < -0.4 is 0 Å². The van der Waals surface area contributed by atoms with Crippen LogP contribution in [0, 0.1) is 28.6 Å². The molecule has 1 aliphatic rings. The summed E-state index contributed by atoms with van der Waals surface area (Å²) in [5.41, 5.74) is 0.388. The molecular formula is C12H21N. The molecule has 2 atom stereocenters. The predicted molar refractivity (Wildman–Crippen MR) is 55.1 cm³/mol. The fraction of sp³-hybridized carbons (Fsp3) is 0.917. The summed E-state index contributed by atoms with van der Waals surface area (Å²) in [6, 6.07) is 2.45. The number of rotatable bonds is 0. The van der Waals surface area contributed by atoms with Gasteiger partial charge in [-0.05, 0) is 30.6 Å². The topological polar surface area (TPSA) is 23.8 Å². The van der Waals surface area contributed by atoms with Crippen molar-refractivity contribution in [1.29, 1.82) is 5.26 Å². The Hall–Kier alpha value is -0.510. The van der Waals surface area contributed by atoms with Gasteiger partial charge in [-0.1, -0.05) is 33.6 Å². The molecule has 1 saturated carbocycles. The molecule has 0 saturated heterocycles. The summed E-state index contributed by atoms with van der Waals surface area (Å²) in [5, 5.41) is 8.95. The Bertz CT molecular complexity index is 194. The molecule has 13 heavy (non-hydrogen) atoms. The van der Waals surface area contributed by atoms with E-state index < -0.39 is 0 Å². The van der Waals surface area contributed by atoms with Crippen LogP contribution in [0.5, 0.6) is 0 Å². The minimum Gasteiger partial charge on any atom is -0.198 e. The third-order valence-electron chi connectivity index (χ3n) is 3.33. The van der Waals surface area contributed by atoms with Gasteiger partial charge in [-0.2, -0.15) is 5.26 Å². The van der Waals surface area contributed by atoms with Crippen molar-refractivity contribution in [2.24, 2.45) is 17.3 Å². The van der Waals surface area contributed by atoms with Crippen molar-refractivity contribution in [2.75, 3.05) is 0 Å². The Morgan fingerprint density at radius 3 is 2.31 bits per heavy atom. The number of hydrogen-bond donors (Lipinski definition) is 0. The van der Waals surface area contributed by atoms with E-state index in [0.29, 0.717) is 11.3 Å². The van der Waals surface area contributed by atoms with Crippen LogP contribution in [0.4, 0.5) is 0 Å². The van der Waals surface area contributed by atoms with Crippen molar-refractivity contribution < 1.29 is 0 Å². The summed E-state index contributed by atoms with van der Waals surface area (Å²) < 4.78 is 0. The third-order valence-corrected chi connectivity index (χ3v) is 3.33. The highest BCUT2D eigenvalue weighted by atomic mass is 14.4. The first kappa shape index (κ1) is 10.6. The lowest BCUT2D eigenvalue weighted by Gasteiger charge is -2.30.